The highest BCUT2D eigenvalue weighted by Crippen LogP contribution is 2.42. The number of carbonyl (C=O) groups is 5. The lowest BCUT2D eigenvalue weighted by Gasteiger charge is -2.50. The molecule has 0 saturated carbocycles. The lowest BCUT2D eigenvalue weighted by molar-refractivity contribution is -0.421. The molecule has 0 radical (unpaired) electrons. The number of phenols is 1. The van der Waals surface area contributed by atoms with Crippen molar-refractivity contribution in [3.05, 3.63) is 108 Å². The molecule has 13 N–H and O–H groups in total. The smallest absolute Gasteiger partial charge is 0.338 e. The van der Waals surface area contributed by atoms with E-state index in [1.807, 2.05) is 0 Å². The number of benzene rings is 3. The molecule has 0 bridgehead atoms. The SMILES string of the molecule is CC(=O)OC[C@@H]1O[C@H](O[C@@H]2[C@H](O[C@H]3O[C@@H](CO)[C@H](O)[C@H](O)[C@@H]3O)[C@@H](O[C@@]3(COC(=O)/C=C\c4ccc(O)cc4)O[C@@H](CO)[C@H](O)[C@@H]3OC(=O)c3ccccc3)O[C@H](COC(C)=O)[C@@H]2OC(=O)/C=C\c2ccc(O[C@H]3O[C@H](C)[C@@H](O)[C@@H](O)[C@H]3O)cc2)[C@H](O)[C@@H](O)[C@H]1O. The van der Waals surface area contributed by atoms with Gasteiger partial charge < -0.3 is 133 Å². The Morgan fingerprint density at radius 2 is 1.02 bits per heavy atom. The first-order valence-corrected chi connectivity index (χ1v) is 28.4. The van der Waals surface area contributed by atoms with Gasteiger partial charge in [-0.05, 0) is 66.6 Å². The molecule has 5 heterocycles. The molecule has 0 spiro atoms. The van der Waals surface area contributed by atoms with Crippen molar-refractivity contribution in [1.82, 2.24) is 0 Å². The van der Waals surface area contributed by atoms with E-state index >= 15 is 0 Å². The Kier molecular flexibility index (Phi) is 24.1. The number of aliphatic hydroxyl groups is 12. The molecule has 3 aromatic rings. The van der Waals surface area contributed by atoms with Gasteiger partial charge in [-0.1, -0.05) is 42.5 Å². The van der Waals surface area contributed by atoms with Crippen LogP contribution in [-0.4, -0.2) is 276 Å². The van der Waals surface area contributed by atoms with E-state index < -0.39 is 210 Å². The molecule has 500 valence electrons. The number of rotatable bonds is 23. The van der Waals surface area contributed by atoms with Crippen molar-refractivity contribution >= 4 is 42.0 Å². The summed E-state index contributed by atoms with van der Waals surface area (Å²) in [5.74, 6) is -8.48. The molecule has 3 aromatic carbocycles. The molecule has 0 aliphatic carbocycles. The zero-order chi connectivity index (χ0) is 66.0. The summed E-state index contributed by atoms with van der Waals surface area (Å²) in [7, 11) is 0. The van der Waals surface area contributed by atoms with Crippen LogP contribution in [0.4, 0.5) is 0 Å². The Balaban J connectivity index is 1.23. The van der Waals surface area contributed by atoms with Crippen molar-refractivity contribution < 1.29 is 157 Å². The fourth-order valence-electron chi connectivity index (χ4n) is 10.2. The second-order valence-corrected chi connectivity index (χ2v) is 21.6. The number of aromatic hydroxyl groups is 1. The first-order chi connectivity index (χ1) is 43.3. The van der Waals surface area contributed by atoms with E-state index in [9.17, 15) is 90.4 Å². The fraction of sp³-hybridized carbons (Fsp3) is 0.542. The van der Waals surface area contributed by atoms with Crippen molar-refractivity contribution in [2.24, 2.45) is 0 Å². The van der Waals surface area contributed by atoms with Crippen molar-refractivity contribution in [2.75, 3.05) is 33.0 Å². The lowest BCUT2D eigenvalue weighted by Crippen LogP contribution is -2.69. The summed E-state index contributed by atoms with van der Waals surface area (Å²) < 4.78 is 82.9. The molecule has 5 aliphatic heterocycles. The Morgan fingerprint density at radius 3 is 1.62 bits per heavy atom. The first kappa shape index (κ1) is 70.2. The maximum Gasteiger partial charge on any atom is 0.338 e. The van der Waals surface area contributed by atoms with Gasteiger partial charge in [0, 0.05) is 26.0 Å². The van der Waals surface area contributed by atoms with Gasteiger partial charge in [0.15, 0.2) is 31.1 Å². The van der Waals surface area contributed by atoms with Crippen LogP contribution in [0, 0.1) is 0 Å². The van der Waals surface area contributed by atoms with Crippen LogP contribution in [0.3, 0.4) is 0 Å². The topological polar surface area (TPSA) is 478 Å². The third kappa shape index (κ3) is 17.1. The summed E-state index contributed by atoms with van der Waals surface area (Å²) in [6.45, 7) is -1.71. The normalized spacial score (nSPS) is 36.8. The Morgan fingerprint density at radius 1 is 0.505 bits per heavy atom. The van der Waals surface area contributed by atoms with E-state index in [-0.39, 0.29) is 22.6 Å². The van der Waals surface area contributed by atoms with Gasteiger partial charge in [0.25, 0.3) is 0 Å². The summed E-state index contributed by atoms with van der Waals surface area (Å²) in [6.07, 6.45) is -41.2. The average Bonchev–Trinajstić information content (AvgIpc) is 1.73. The van der Waals surface area contributed by atoms with Crippen LogP contribution < -0.4 is 4.74 Å². The summed E-state index contributed by atoms with van der Waals surface area (Å²) in [5, 5.41) is 141. The molecule has 5 fully saturated rings. The fourth-order valence-corrected chi connectivity index (χ4v) is 10.2. The van der Waals surface area contributed by atoms with Crippen LogP contribution in [0.15, 0.2) is 91.0 Å². The Hall–Kier alpha value is -6.71. The number of esters is 5. The second-order valence-electron chi connectivity index (χ2n) is 21.6. The summed E-state index contributed by atoms with van der Waals surface area (Å²) in [4.78, 5) is 66.8. The summed E-state index contributed by atoms with van der Waals surface area (Å²) in [6, 6.07) is 18.3. The van der Waals surface area contributed by atoms with Gasteiger partial charge in [-0.25, -0.2) is 14.4 Å². The van der Waals surface area contributed by atoms with E-state index in [1.165, 1.54) is 91.9 Å². The van der Waals surface area contributed by atoms with Gasteiger partial charge >= 0.3 is 29.8 Å². The van der Waals surface area contributed by atoms with Gasteiger partial charge in [0.2, 0.25) is 12.1 Å². The third-order valence-corrected chi connectivity index (χ3v) is 15.1. The van der Waals surface area contributed by atoms with Crippen LogP contribution in [0.25, 0.3) is 12.2 Å². The predicted octanol–water partition coefficient (Wildman–Crippen LogP) is -4.30. The zero-order valence-corrected chi connectivity index (χ0v) is 48.7. The molecule has 0 amide bonds. The molecular formula is C59H72O32. The van der Waals surface area contributed by atoms with Crippen molar-refractivity contribution in [3.8, 4) is 11.5 Å². The summed E-state index contributed by atoms with van der Waals surface area (Å²) >= 11 is 0. The number of hydrogen-bond acceptors (Lipinski definition) is 32. The van der Waals surface area contributed by atoms with E-state index in [2.05, 4.69) is 0 Å². The van der Waals surface area contributed by atoms with Gasteiger partial charge in [-0.2, -0.15) is 0 Å². The second kappa shape index (κ2) is 31.3. The molecule has 5 aliphatic rings. The van der Waals surface area contributed by atoms with Crippen molar-refractivity contribution in [3.63, 3.8) is 0 Å². The van der Waals surface area contributed by atoms with Crippen molar-refractivity contribution in [1.29, 1.82) is 0 Å². The maximum atomic E-state index is 14.4. The van der Waals surface area contributed by atoms with E-state index in [4.69, 9.17) is 66.3 Å². The minimum absolute atomic E-state index is 0.0988. The minimum Gasteiger partial charge on any atom is -0.508 e. The monoisotopic (exact) mass is 1290 g/mol. The van der Waals surface area contributed by atoms with Crippen LogP contribution in [0.2, 0.25) is 0 Å². The lowest BCUT2D eigenvalue weighted by atomic mass is 9.95. The van der Waals surface area contributed by atoms with Gasteiger partial charge in [-0.3, -0.25) is 9.59 Å². The number of ether oxygens (including phenoxy) is 14. The van der Waals surface area contributed by atoms with Crippen LogP contribution in [0.5, 0.6) is 11.5 Å². The van der Waals surface area contributed by atoms with Gasteiger partial charge in [-0.15, -0.1) is 0 Å². The average molecular weight is 1290 g/mol. The van der Waals surface area contributed by atoms with Crippen LogP contribution in [-0.2, 0) is 80.8 Å². The number of carbonyl (C=O) groups excluding carboxylic acids is 5. The molecule has 32 nitrogen and oxygen atoms in total. The molecule has 32 heteroatoms. The Labute approximate surface area is 517 Å². The number of phenolic OH excluding ortho intramolecular Hbond substituents is 1. The molecule has 0 aromatic heterocycles. The molecular weight excluding hydrogens is 1220 g/mol. The van der Waals surface area contributed by atoms with E-state index in [0.29, 0.717) is 5.56 Å². The van der Waals surface area contributed by atoms with E-state index in [0.717, 1.165) is 26.0 Å². The highest BCUT2D eigenvalue weighted by Gasteiger charge is 2.64. The summed E-state index contributed by atoms with van der Waals surface area (Å²) in [5.41, 5.74) is 0.521. The number of aliphatic hydroxyl groups excluding tert-OH is 12. The highest BCUT2D eigenvalue weighted by atomic mass is 16.8. The standard InChI is InChI=1S/C59H72O32/c1-26-40(67)44(71)47(74)55(81-26)82-33-17-11-30(12-18-33)14-20-39(66)86-50-37(24-79-28(3)63)85-58(52(88-56-48(75)45(72)41(68)34(21-60)83-56)51(50)87-57-49(76)46(73)42(69)36(84-57)23-78-27(2)62)91-59(25-80-38(65)19-13-29-9-15-32(64)16-10-29)53(43(70)35(22-61)90-59)89-54(77)31-7-5-4-6-8-31/h4-20,26,34-37,40-53,55-58,60-61,64,67-76H,21-25H2,1-3H3/b19-13-,20-14-/t26-,34+,35+,36+,37-,40-,41+,42+,43+,44-,45+,46+,47-,48+,49-,50+,51+,52+,53+,55-,56-,57-,58-,59-/m1/s1. The Bertz CT molecular complexity index is 2950. The van der Waals surface area contributed by atoms with Crippen LogP contribution >= 0.6 is 0 Å². The van der Waals surface area contributed by atoms with Gasteiger partial charge in [0.1, 0.15) is 129 Å². The van der Waals surface area contributed by atoms with Crippen LogP contribution in [0.1, 0.15) is 42.3 Å². The molecule has 0 unspecified atom stereocenters. The molecule has 24 atom stereocenters. The zero-order valence-electron chi connectivity index (χ0n) is 48.7. The third-order valence-electron chi connectivity index (χ3n) is 15.1. The number of hydrogen-bond donors (Lipinski definition) is 13. The van der Waals surface area contributed by atoms with Gasteiger partial charge in [0.05, 0.1) is 24.9 Å². The largest absolute Gasteiger partial charge is 0.508 e. The van der Waals surface area contributed by atoms with E-state index in [1.54, 1.807) is 6.07 Å². The first-order valence-electron chi connectivity index (χ1n) is 28.4. The quantitative estimate of drug-likeness (QED) is 0.0243. The maximum absolute atomic E-state index is 14.4. The minimum atomic E-state index is -2.95. The highest BCUT2D eigenvalue weighted by molar-refractivity contribution is 5.90. The van der Waals surface area contributed by atoms with Crippen molar-refractivity contribution in [2.45, 2.75) is 168 Å². The molecule has 5 saturated heterocycles. The predicted molar refractivity (Wildman–Crippen MR) is 296 cm³/mol. The molecule has 8 rings (SSSR count). The molecule has 91 heavy (non-hydrogen) atoms.